The molecule has 0 atom stereocenters. The molecular weight excluding hydrogens is 212 g/mol. The first-order valence-electron chi connectivity index (χ1n) is 7.19. The average molecular weight is 236 g/mol. The molecule has 3 nitrogen and oxygen atoms in total. The second kappa shape index (κ2) is 6.77. The van der Waals surface area contributed by atoms with Crippen molar-refractivity contribution in [3.63, 3.8) is 0 Å². The number of rotatable bonds is 3. The molecule has 3 heteroatoms. The van der Waals surface area contributed by atoms with Crippen LogP contribution in [0.3, 0.4) is 0 Å². The summed E-state index contributed by atoms with van der Waals surface area (Å²) in [5.74, 6) is 0.944. The lowest BCUT2D eigenvalue weighted by Gasteiger charge is -2.20. The van der Waals surface area contributed by atoms with E-state index in [2.05, 4.69) is 10.5 Å². The molecule has 1 amide bonds. The lowest BCUT2D eigenvalue weighted by molar-refractivity contribution is -0.125. The van der Waals surface area contributed by atoms with E-state index in [0.29, 0.717) is 5.92 Å². The first kappa shape index (κ1) is 12.6. The van der Waals surface area contributed by atoms with E-state index in [-0.39, 0.29) is 11.8 Å². The summed E-state index contributed by atoms with van der Waals surface area (Å²) in [7, 11) is 0. The van der Waals surface area contributed by atoms with Gasteiger partial charge in [-0.2, -0.15) is 5.10 Å². The van der Waals surface area contributed by atoms with Gasteiger partial charge in [-0.15, -0.1) is 0 Å². The van der Waals surface area contributed by atoms with Crippen molar-refractivity contribution < 1.29 is 4.79 Å². The Labute approximate surface area is 104 Å². The van der Waals surface area contributed by atoms with Gasteiger partial charge in [-0.05, 0) is 31.6 Å². The fourth-order valence-corrected chi connectivity index (χ4v) is 2.95. The Morgan fingerprint density at radius 2 is 1.53 bits per heavy atom. The van der Waals surface area contributed by atoms with Crippen LogP contribution in [0, 0.1) is 11.8 Å². The van der Waals surface area contributed by atoms with Gasteiger partial charge in [-0.25, -0.2) is 5.43 Å². The van der Waals surface area contributed by atoms with E-state index in [9.17, 15) is 4.79 Å². The molecule has 0 heterocycles. The molecule has 17 heavy (non-hydrogen) atoms. The molecule has 0 radical (unpaired) electrons. The van der Waals surface area contributed by atoms with E-state index in [1.807, 2.05) is 6.21 Å². The summed E-state index contributed by atoms with van der Waals surface area (Å²) in [6, 6.07) is 0. The molecule has 2 fully saturated rings. The zero-order valence-electron chi connectivity index (χ0n) is 10.7. The number of hydrogen-bond donors (Lipinski definition) is 1. The van der Waals surface area contributed by atoms with Crippen LogP contribution in [0.25, 0.3) is 0 Å². The zero-order valence-corrected chi connectivity index (χ0v) is 10.7. The molecule has 2 aliphatic rings. The minimum absolute atomic E-state index is 0.136. The van der Waals surface area contributed by atoms with Gasteiger partial charge in [0.2, 0.25) is 5.91 Å². The predicted octanol–water partition coefficient (Wildman–Crippen LogP) is 3.25. The van der Waals surface area contributed by atoms with Gasteiger partial charge < -0.3 is 0 Å². The van der Waals surface area contributed by atoms with E-state index in [0.717, 1.165) is 12.8 Å². The number of carbonyl (C=O) groups excluding carboxylic acids is 1. The minimum Gasteiger partial charge on any atom is -0.273 e. The highest BCUT2D eigenvalue weighted by Gasteiger charge is 2.20. The van der Waals surface area contributed by atoms with Gasteiger partial charge in [-0.3, -0.25) is 4.79 Å². The van der Waals surface area contributed by atoms with E-state index in [4.69, 9.17) is 0 Å². The van der Waals surface area contributed by atoms with Crippen LogP contribution >= 0.6 is 0 Å². The SMILES string of the molecule is O=C(NN=CC1CCCCC1)C1CCCCC1. The van der Waals surface area contributed by atoms with Crippen LogP contribution in [0.4, 0.5) is 0 Å². The molecule has 0 bridgehead atoms. The monoisotopic (exact) mass is 236 g/mol. The Bertz CT molecular complexity index is 263. The number of nitrogens with zero attached hydrogens (tertiary/aromatic N) is 1. The number of hydrazone groups is 1. The minimum atomic E-state index is 0.136. The molecule has 0 aromatic heterocycles. The Balaban J connectivity index is 1.69. The Morgan fingerprint density at radius 1 is 0.941 bits per heavy atom. The maximum Gasteiger partial charge on any atom is 0.243 e. The fraction of sp³-hybridized carbons (Fsp3) is 0.857. The standard InChI is InChI=1S/C14H24N2O/c17-14(13-9-5-2-6-10-13)16-15-11-12-7-3-1-4-8-12/h11-13H,1-10H2,(H,16,17). The molecule has 2 saturated carbocycles. The Hall–Kier alpha value is -0.860. The Morgan fingerprint density at radius 3 is 2.18 bits per heavy atom. The maximum absolute atomic E-state index is 11.8. The average Bonchev–Trinajstić information content (AvgIpc) is 2.41. The molecule has 0 aromatic rings. The molecule has 1 N–H and O–H groups in total. The molecule has 96 valence electrons. The highest BCUT2D eigenvalue weighted by molar-refractivity contribution is 5.79. The normalized spacial score (nSPS) is 24.0. The van der Waals surface area contributed by atoms with Gasteiger partial charge in [0, 0.05) is 12.1 Å². The van der Waals surface area contributed by atoms with Crippen LogP contribution in [-0.4, -0.2) is 12.1 Å². The molecular formula is C14H24N2O. The molecule has 0 aromatic carbocycles. The second-order valence-corrected chi connectivity index (χ2v) is 5.49. The van der Waals surface area contributed by atoms with Gasteiger partial charge in [0.15, 0.2) is 0 Å². The highest BCUT2D eigenvalue weighted by atomic mass is 16.2. The summed E-state index contributed by atoms with van der Waals surface area (Å²) in [4.78, 5) is 11.8. The first-order valence-corrected chi connectivity index (χ1v) is 7.19. The van der Waals surface area contributed by atoms with Crippen molar-refractivity contribution in [2.45, 2.75) is 64.2 Å². The van der Waals surface area contributed by atoms with Crippen LogP contribution in [0.5, 0.6) is 0 Å². The molecule has 2 aliphatic carbocycles. The van der Waals surface area contributed by atoms with Crippen molar-refractivity contribution in [2.24, 2.45) is 16.9 Å². The smallest absolute Gasteiger partial charge is 0.243 e. The van der Waals surface area contributed by atoms with Gasteiger partial charge in [0.25, 0.3) is 0 Å². The zero-order chi connectivity index (χ0) is 11.9. The second-order valence-electron chi connectivity index (χ2n) is 5.49. The lowest BCUT2D eigenvalue weighted by Crippen LogP contribution is -2.28. The van der Waals surface area contributed by atoms with Gasteiger partial charge in [0.1, 0.15) is 0 Å². The summed E-state index contributed by atoms with van der Waals surface area (Å²) < 4.78 is 0. The molecule has 0 aliphatic heterocycles. The first-order chi connectivity index (χ1) is 8.36. The number of hydrogen-bond acceptors (Lipinski definition) is 2. The predicted molar refractivity (Wildman–Crippen MR) is 69.8 cm³/mol. The van der Waals surface area contributed by atoms with Crippen molar-refractivity contribution in [3.8, 4) is 0 Å². The third-order valence-electron chi connectivity index (χ3n) is 4.09. The van der Waals surface area contributed by atoms with Crippen LogP contribution in [0.2, 0.25) is 0 Å². The molecule has 0 saturated heterocycles. The van der Waals surface area contributed by atoms with Crippen molar-refractivity contribution >= 4 is 12.1 Å². The van der Waals surface area contributed by atoms with E-state index in [1.165, 1.54) is 51.4 Å². The Kier molecular flexibility index (Phi) is 5.02. The summed E-state index contributed by atoms with van der Waals surface area (Å²) in [6.07, 6.45) is 14.2. The third kappa shape index (κ3) is 4.14. The summed E-state index contributed by atoms with van der Waals surface area (Å²) in [5, 5.41) is 4.15. The van der Waals surface area contributed by atoms with Gasteiger partial charge >= 0.3 is 0 Å². The van der Waals surface area contributed by atoms with Crippen molar-refractivity contribution in [2.75, 3.05) is 0 Å². The van der Waals surface area contributed by atoms with Crippen LogP contribution < -0.4 is 5.43 Å². The van der Waals surface area contributed by atoms with Crippen molar-refractivity contribution in [3.05, 3.63) is 0 Å². The van der Waals surface area contributed by atoms with E-state index in [1.54, 1.807) is 0 Å². The quantitative estimate of drug-likeness (QED) is 0.593. The number of carbonyl (C=O) groups is 1. The summed E-state index contributed by atoms with van der Waals surface area (Å²) in [5.41, 5.74) is 2.73. The van der Waals surface area contributed by atoms with Crippen molar-refractivity contribution in [1.29, 1.82) is 0 Å². The van der Waals surface area contributed by atoms with Crippen LogP contribution in [-0.2, 0) is 4.79 Å². The highest BCUT2D eigenvalue weighted by Crippen LogP contribution is 2.24. The van der Waals surface area contributed by atoms with Gasteiger partial charge in [-0.1, -0.05) is 38.5 Å². The number of amides is 1. The van der Waals surface area contributed by atoms with Crippen molar-refractivity contribution in [1.82, 2.24) is 5.43 Å². The summed E-state index contributed by atoms with van der Waals surface area (Å²) >= 11 is 0. The lowest BCUT2D eigenvalue weighted by atomic mass is 9.89. The van der Waals surface area contributed by atoms with Crippen LogP contribution in [0.15, 0.2) is 5.10 Å². The molecule has 2 rings (SSSR count). The fourth-order valence-electron chi connectivity index (χ4n) is 2.95. The van der Waals surface area contributed by atoms with E-state index < -0.39 is 0 Å². The summed E-state index contributed by atoms with van der Waals surface area (Å²) in [6.45, 7) is 0. The third-order valence-corrected chi connectivity index (χ3v) is 4.09. The van der Waals surface area contributed by atoms with Crippen LogP contribution in [0.1, 0.15) is 64.2 Å². The van der Waals surface area contributed by atoms with E-state index >= 15 is 0 Å². The van der Waals surface area contributed by atoms with Gasteiger partial charge in [0.05, 0.1) is 0 Å². The number of nitrogens with one attached hydrogen (secondary N) is 1. The maximum atomic E-state index is 11.8. The topological polar surface area (TPSA) is 41.5 Å². The molecule has 0 spiro atoms. The molecule has 0 unspecified atom stereocenters. The largest absolute Gasteiger partial charge is 0.273 e.